The Morgan fingerprint density at radius 3 is 2.40 bits per heavy atom. The van der Waals surface area contributed by atoms with Gasteiger partial charge in [-0.2, -0.15) is 0 Å². The molecule has 2 unspecified atom stereocenters. The first kappa shape index (κ1) is 6.33. The Balaban J connectivity index is 2.05. The summed E-state index contributed by atoms with van der Waals surface area (Å²) in [4.78, 5) is 0. The molecule has 2 saturated carbocycles. The van der Waals surface area contributed by atoms with Crippen molar-refractivity contribution in [3.8, 4) is 0 Å². The summed E-state index contributed by atoms with van der Waals surface area (Å²) in [6.45, 7) is 4.08. The van der Waals surface area contributed by atoms with Gasteiger partial charge in [-0.25, -0.2) is 0 Å². The topological polar surface area (TPSA) is 0 Å². The van der Waals surface area contributed by atoms with Gasteiger partial charge in [0.15, 0.2) is 0 Å². The van der Waals surface area contributed by atoms with Crippen LogP contribution in [0.1, 0.15) is 32.1 Å². The minimum absolute atomic E-state index is 0.972. The molecule has 0 aliphatic heterocycles. The summed E-state index contributed by atoms with van der Waals surface area (Å²) in [6, 6.07) is 0. The fourth-order valence-corrected chi connectivity index (χ4v) is 2.46. The molecule has 2 rings (SSSR count). The van der Waals surface area contributed by atoms with Crippen molar-refractivity contribution in [1.82, 2.24) is 0 Å². The lowest BCUT2D eigenvalue weighted by atomic mass is 9.71. The lowest BCUT2D eigenvalue weighted by molar-refractivity contribution is 0.270. The first-order valence-electron chi connectivity index (χ1n) is 4.33. The van der Waals surface area contributed by atoms with Crippen LogP contribution in [0.3, 0.4) is 0 Å². The van der Waals surface area contributed by atoms with Crippen molar-refractivity contribution in [2.45, 2.75) is 32.1 Å². The van der Waals surface area contributed by atoms with Crippen LogP contribution in [0.5, 0.6) is 0 Å². The third-order valence-corrected chi connectivity index (χ3v) is 2.82. The molecule has 2 aliphatic carbocycles. The van der Waals surface area contributed by atoms with Crippen LogP contribution < -0.4 is 0 Å². The maximum Gasteiger partial charge on any atom is 0.0906 e. The van der Waals surface area contributed by atoms with E-state index in [4.69, 9.17) is 0 Å². The molecule has 0 radical (unpaired) electrons. The van der Waals surface area contributed by atoms with E-state index in [1.54, 1.807) is 0 Å². The van der Waals surface area contributed by atoms with Crippen LogP contribution in [0.2, 0.25) is 0 Å². The highest BCUT2D eigenvalue weighted by Gasteiger charge is 2.32. The summed E-state index contributed by atoms with van der Waals surface area (Å²) in [6.07, 6.45) is 9.30. The minimum atomic E-state index is 0.972. The smallest absolute Gasteiger partial charge is 0.0906 e. The van der Waals surface area contributed by atoms with Crippen molar-refractivity contribution in [2.75, 3.05) is 0 Å². The Morgan fingerprint density at radius 1 is 1.20 bits per heavy atom. The molecule has 0 aromatic carbocycles. The zero-order valence-corrected chi connectivity index (χ0v) is 6.47. The van der Waals surface area contributed by atoms with Crippen LogP contribution in [-0.2, 0) is 0 Å². The van der Waals surface area contributed by atoms with E-state index in [0.29, 0.717) is 0 Å². The van der Waals surface area contributed by atoms with Gasteiger partial charge in [0.1, 0.15) is 0 Å². The summed E-state index contributed by atoms with van der Waals surface area (Å²) in [5.74, 6) is 1.94. The van der Waals surface area contributed by atoms with Gasteiger partial charge in [0.2, 0.25) is 0 Å². The predicted octanol–water partition coefficient (Wildman–Crippen LogP) is 2.96. The molecule has 0 N–H and O–H groups in total. The van der Waals surface area contributed by atoms with Gasteiger partial charge in [0.05, 0.1) is 19.3 Å². The zero-order valence-electron chi connectivity index (χ0n) is 6.47. The van der Waals surface area contributed by atoms with E-state index in [-0.39, 0.29) is 0 Å². The van der Waals surface area contributed by atoms with Crippen LogP contribution in [0.4, 0.5) is 0 Å². The van der Waals surface area contributed by atoms with Gasteiger partial charge in [0.25, 0.3) is 0 Å². The van der Waals surface area contributed by atoms with Crippen molar-refractivity contribution in [3.05, 3.63) is 18.6 Å². The second kappa shape index (κ2) is 2.34. The van der Waals surface area contributed by atoms with Crippen molar-refractivity contribution < 1.29 is 0 Å². The molecule has 0 amide bonds. The molecule has 0 aromatic heterocycles. The van der Waals surface area contributed by atoms with E-state index >= 15 is 0 Å². The third kappa shape index (κ3) is 1.07. The van der Waals surface area contributed by atoms with E-state index in [1.165, 1.54) is 37.7 Å². The van der Waals surface area contributed by atoms with Gasteiger partial charge in [-0.1, -0.05) is 12.2 Å². The molecule has 0 aromatic rings. The maximum absolute atomic E-state index is 4.08. The Labute approximate surface area is 63.3 Å². The number of fused-ring (bicyclic) bond motifs is 2. The summed E-state index contributed by atoms with van der Waals surface area (Å²) >= 11 is 0. The second-order valence-corrected chi connectivity index (χ2v) is 3.89. The van der Waals surface area contributed by atoms with E-state index in [2.05, 4.69) is 13.0 Å². The van der Waals surface area contributed by atoms with Gasteiger partial charge >= 0.3 is 0 Å². The van der Waals surface area contributed by atoms with Crippen molar-refractivity contribution >= 4 is 0 Å². The quantitative estimate of drug-likeness (QED) is 0.354. The highest BCUT2D eigenvalue weighted by atomic mass is 14.3. The molecule has 2 aliphatic rings. The van der Waals surface area contributed by atoms with Crippen LogP contribution in [0.25, 0.3) is 0 Å². The normalized spacial score (nSPS) is 39.0. The average molecular weight is 135 g/mol. The summed E-state index contributed by atoms with van der Waals surface area (Å²) in [5.41, 5.74) is 1.51. The number of hydrogen-bond acceptors (Lipinski definition) is 0. The molecule has 2 bridgehead atoms. The lowest BCUT2D eigenvalue weighted by Gasteiger charge is -2.30. The minimum Gasteiger partial charge on any atom is -0.0998 e. The van der Waals surface area contributed by atoms with E-state index in [1.807, 2.05) is 0 Å². The monoisotopic (exact) mass is 135 g/mol. The van der Waals surface area contributed by atoms with Crippen molar-refractivity contribution in [2.24, 2.45) is 11.8 Å². The Morgan fingerprint density at radius 2 is 1.80 bits per heavy atom. The number of hydrogen-bond donors (Lipinski definition) is 0. The Hall–Kier alpha value is -0.390. The summed E-state index contributed by atoms with van der Waals surface area (Å²) < 4.78 is 0. The van der Waals surface area contributed by atoms with Crippen LogP contribution >= 0.6 is 0 Å². The molecular weight excluding hydrogens is 120 g/mol. The van der Waals surface area contributed by atoms with Gasteiger partial charge in [0, 0.05) is 11.8 Å². The molecule has 10 heavy (non-hydrogen) atoms. The number of rotatable bonds is 0. The average Bonchev–Trinajstić information content (AvgIpc) is 1.85. The second-order valence-electron chi connectivity index (χ2n) is 3.89. The molecule has 2 fully saturated rings. The molecular formula is C10H15+. The summed E-state index contributed by atoms with van der Waals surface area (Å²) in [5, 5.41) is 0. The summed E-state index contributed by atoms with van der Waals surface area (Å²) in [7, 11) is 0. The van der Waals surface area contributed by atoms with Crippen LogP contribution in [0.15, 0.2) is 12.2 Å². The van der Waals surface area contributed by atoms with Gasteiger partial charge in [-0.15, -0.1) is 0 Å². The first-order valence-corrected chi connectivity index (χ1v) is 4.33. The van der Waals surface area contributed by atoms with Gasteiger partial charge < -0.3 is 0 Å². The zero-order chi connectivity index (χ0) is 6.97. The molecule has 0 saturated heterocycles. The SMILES string of the molecule is C=C1CC2C[CH+]CC(C1)C2. The largest absolute Gasteiger partial charge is 0.0998 e. The molecule has 2 atom stereocenters. The van der Waals surface area contributed by atoms with Crippen molar-refractivity contribution in [3.63, 3.8) is 0 Å². The van der Waals surface area contributed by atoms with E-state index < -0.39 is 0 Å². The van der Waals surface area contributed by atoms with E-state index in [0.717, 1.165) is 11.8 Å². The lowest BCUT2D eigenvalue weighted by Crippen LogP contribution is -2.21. The van der Waals surface area contributed by atoms with Crippen LogP contribution in [-0.4, -0.2) is 0 Å². The third-order valence-electron chi connectivity index (χ3n) is 2.82. The number of allylic oxidation sites excluding steroid dienone is 1. The molecule has 0 heteroatoms. The predicted molar refractivity (Wildman–Crippen MR) is 43.5 cm³/mol. The standard InChI is InChI=1S/C10H15/c1-8-5-9-3-2-4-10(6-8)7-9/h2,9-10H,1,3-7H2/q+1. The maximum atomic E-state index is 4.08. The Kier molecular flexibility index (Phi) is 1.48. The van der Waals surface area contributed by atoms with Crippen LogP contribution in [0, 0.1) is 18.3 Å². The van der Waals surface area contributed by atoms with Gasteiger partial charge in [-0.05, 0) is 19.3 Å². The van der Waals surface area contributed by atoms with E-state index in [9.17, 15) is 0 Å². The first-order chi connectivity index (χ1) is 4.84. The molecule has 0 spiro atoms. The highest BCUT2D eigenvalue weighted by Crippen LogP contribution is 2.40. The highest BCUT2D eigenvalue weighted by molar-refractivity contribution is 5.05. The molecule has 0 nitrogen and oxygen atoms in total. The van der Waals surface area contributed by atoms with Gasteiger partial charge in [-0.3, -0.25) is 0 Å². The fraction of sp³-hybridized carbons (Fsp3) is 0.700. The van der Waals surface area contributed by atoms with Crippen molar-refractivity contribution in [1.29, 1.82) is 0 Å². The molecule has 0 heterocycles. The Bertz CT molecular complexity index is 132. The molecule has 54 valence electrons. The fourth-order valence-electron chi connectivity index (χ4n) is 2.46.